The second-order valence-corrected chi connectivity index (χ2v) is 9.94. The Kier molecular flexibility index (Phi) is 6.95. The van der Waals surface area contributed by atoms with Gasteiger partial charge in [-0.1, -0.05) is 24.3 Å². The lowest BCUT2D eigenvalue weighted by molar-refractivity contribution is -0.117. The van der Waals surface area contributed by atoms with Gasteiger partial charge in [-0.25, -0.2) is 13.1 Å². The van der Waals surface area contributed by atoms with E-state index in [-0.39, 0.29) is 17.3 Å². The number of hydrogen-bond acceptors (Lipinski definition) is 4. The molecule has 1 heterocycles. The third-order valence-electron chi connectivity index (χ3n) is 5.71. The van der Waals surface area contributed by atoms with Crippen LogP contribution in [0.1, 0.15) is 43.4 Å². The Labute approximate surface area is 179 Å². The molecule has 1 aliphatic heterocycles. The summed E-state index contributed by atoms with van der Waals surface area (Å²) >= 11 is 0. The van der Waals surface area contributed by atoms with Crippen LogP contribution < -0.4 is 9.62 Å². The summed E-state index contributed by atoms with van der Waals surface area (Å²) in [5, 5.41) is 0. The summed E-state index contributed by atoms with van der Waals surface area (Å²) in [5.41, 5.74) is 3.46. The lowest BCUT2D eigenvalue weighted by atomic mass is 10.1. The van der Waals surface area contributed by atoms with E-state index in [2.05, 4.69) is 30.5 Å². The predicted octanol–water partition coefficient (Wildman–Crippen LogP) is 3.44. The van der Waals surface area contributed by atoms with Gasteiger partial charge < -0.3 is 4.90 Å². The van der Waals surface area contributed by atoms with Gasteiger partial charge in [0.1, 0.15) is 0 Å². The van der Waals surface area contributed by atoms with Crippen molar-refractivity contribution in [3.8, 4) is 0 Å². The molecule has 0 unspecified atom stereocenters. The molecule has 1 saturated heterocycles. The SMILES string of the molecule is Cc1cc(N2CCCC2=O)ccc1S(=O)(=O)NCc1ccccc1CN(C)C(C)C. The van der Waals surface area contributed by atoms with Crippen molar-refractivity contribution in [2.75, 3.05) is 18.5 Å². The summed E-state index contributed by atoms with van der Waals surface area (Å²) in [6, 6.07) is 13.4. The van der Waals surface area contributed by atoms with E-state index < -0.39 is 10.0 Å². The number of hydrogen-bond donors (Lipinski definition) is 1. The first kappa shape index (κ1) is 22.5. The van der Waals surface area contributed by atoms with Gasteiger partial charge in [0.15, 0.2) is 0 Å². The third-order valence-corrected chi connectivity index (χ3v) is 7.27. The van der Waals surface area contributed by atoms with Gasteiger partial charge in [0.05, 0.1) is 4.90 Å². The molecule has 0 bridgehead atoms. The van der Waals surface area contributed by atoms with Gasteiger partial charge in [0, 0.05) is 37.8 Å². The van der Waals surface area contributed by atoms with Crippen LogP contribution in [0.2, 0.25) is 0 Å². The van der Waals surface area contributed by atoms with Crippen molar-refractivity contribution >= 4 is 21.6 Å². The van der Waals surface area contributed by atoms with Crippen molar-refractivity contribution in [3.05, 3.63) is 59.2 Å². The molecule has 0 radical (unpaired) electrons. The minimum absolute atomic E-state index is 0.0890. The van der Waals surface area contributed by atoms with Crippen LogP contribution in [0.4, 0.5) is 5.69 Å². The second kappa shape index (κ2) is 9.29. The minimum atomic E-state index is -3.67. The lowest BCUT2D eigenvalue weighted by Gasteiger charge is -2.22. The fourth-order valence-electron chi connectivity index (χ4n) is 3.61. The van der Waals surface area contributed by atoms with Gasteiger partial charge in [-0.15, -0.1) is 0 Å². The summed E-state index contributed by atoms with van der Waals surface area (Å²) in [7, 11) is -1.61. The molecule has 1 aliphatic rings. The molecule has 1 fully saturated rings. The zero-order chi connectivity index (χ0) is 21.9. The number of carbonyl (C=O) groups is 1. The zero-order valence-corrected chi connectivity index (χ0v) is 19.0. The molecular weight excluding hydrogens is 398 g/mol. The van der Waals surface area contributed by atoms with Gasteiger partial charge in [-0.3, -0.25) is 9.69 Å². The maximum atomic E-state index is 13.0. The van der Waals surface area contributed by atoms with Crippen molar-refractivity contribution in [3.63, 3.8) is 0 Å². The van der Waals surface area contributed by atoms with E-state index in [0.29, 0.717) is 24.6 Å². The Morgan fingerprint density at radius 2 is 1.83 bits per heavy atom. The van der Waals surface area contributed by atoms with E-state index in [0.717, 1.165) is 29.8 Å². The van der Waals surface area contributed by atoms with Crippen LogP contribution in [0.15, 0.2) is 47.4 Å². The van der Waals surface area contributed by atoms with E-state index in [9.17, 15) is 13.2 Å². The average Bonchev–Trinajstić information content (AvgIpc) is 3.13. The van der Waals surface area contributed by atoms with Crippen molar-refractivity contribution in [1.82, 2.24) is 9.62 Å². The molecule has 7 heteroatoms. The molecule has 0 atom stereocenters. The Morgan fingerprint density at radius 1 is 1.13 bits per heavy atom. The molecule has 1 N–H and O–H groups in total. The molecule has 0 aromatic heterocycles. The van der Waals surface area contributed by atoms with Gasteiger partial charge in [0.2, 0.25) is 15.9 Å². The number of benzene rings is 2. The molecule has 2 aromatic rings. The van der Waals surface area contributed by atoms with Crippen LogP contribution >= 0.6 is 0 Å². The molecule has 0 aliphatic carbocycles. The average molecular weight is 430 g/mol. The highest BCUT2D eigenvalue weighted by atomic mass is 32.2. The van der Waals surface area contributed by atoms with Crippen LogP contribution in [-0.4, -0.2) is 38.9 Å². The Bertz CT molecular complexity index is 1020. The molecule has 30 heavy (non-hydrogen) atoms. The molecule has 6 nitrogen and oxygen atoms in total. The third kappa shape index (κ3) is 5.09. The Hall–Kier alpha value is -2.22. The van der Waals surface area contributed by atoms with Gasteiger partial charge >= 0.3 is 0 Å². The molecule has 2 aromatic carbocycles. The van der Waals surface area contributed by atoms with Crippen LogP contribution in [0.3, 0.4) is 0 Å². The number of rotatable bonds is 8. The number of sulfonamides is 1. The zero-order valence-electron chi connectivity index (χ0n) is 18.2. The highest BCUT2D eigenvalue weighted by Crippen LogP contribution is 2.26. The van der Waals surface area contributed by atoms with Crippen LogP contribution in [0.25, 0.3) is 0 Å². The Morgan fingerprint density at radius 3 is 2.43 bits per heavy atom. The number of amides is 1. The van der Waals surface area contributed by atoms with Crippen LogP contribution in [0.5, 0.6) is 0 Å². The first-order valence-electron chi connectivity index (χ1n) is 10.4. The predicted molar refractivity (Wildman–Crippen MR) is 120 cm³/mol. The smallest absolute Gasteiger partial charge is 0.241 e. The topological polar surface area (TPSA) is 69.7 Å². The van der Waals surface area contributed by atoms with Gasteiger partial charge in [-0.2, -0.15) is 0 Å². The summed E-state index contributed by atoms with van der Waals surface area (Å²) in [4.78, 5) is 16.2. The first-order chi connectivity index (χ1) is 14.2. The normalized spacial score (nSPS) is 14.9. The standard InChI is InChI=1S/C23H31N3O3S/c1-17(2)25(4)16-20-9-6-5-8-19(20)15-24-30(28,29)22-12-11-21(14-18(22)3)26-13-7-10-23(26)27/h5-6,8-9,11-12,14,17,24H,7,10,13,15-16H2,1-4H3. The number of carbonyl (C=O) groups excluding carboxylic acids is 1. The van der Waals surface area contributed by atoms with Crippen LogP contribution in [0, 0.1) is 6.92 Å². The van der Waals surface area contributed by atoms with Crippen molar-refractivity contribution in [2.24, 2.45) is 0 Å². The number of nitrogens with one attached hydrogen (secondary N) is 1. The number of anilines is 1. The highest BCUT2D eigenvalue weighted by Gasteiger charge is 2.24. The maximum absolute atomic E-state index is 13.0. The molecule has 0 saturated carbocycles. The maximum Gasteiger partial charge on any atom is 0.241 e. The summed E-state index contributed by atoms with van der Waals surface area (Å²) < 4.78 is 28.7. The van der Waals surface area contributed by atoms with Crippen molar-refractivity contribution in [1.29, 1.82) is 0 Å². The highest BCUT2D eigenvalue weighted by molar-refractivity contribution is 7.89. The molecule has 1 amide bonds. The molecule has 3 rings (SSSR count). The van der Waals surface area contributed by atoms with Crippen LogP contribution in [-0.2, 0) is 27.9 Å². The fraction of sp³-hybridized carbons (Fsp3) is 0.435. The largest absolute Gasteiger partial charge is 0.312 e. The van der Waals surface area contributed by atoms with E-state index in [1.165, 1.54) is 0 Å². The summed E-state index contributed by atoms with van der Waals surface area (Å²) in [6.07, 6.45) is 1.39. The van der Waals surface area contributed by atoms with Crippen molar-refractivity contribution < 1.29 is 13.2 Å². The van der Waals surface area contributed by atoms with Crippen molar-refractivity contribution in [2.45, 2.75) is 57.6 Å². The second-order valence-electron chi connectivity index (χ2n) is 8.20. The number of aryl methyl sites for hydroxylation is 1. The number of nitrogens with zero attached hydrogens (tertiary/aromatic N) is 2. The van der Waals surface area contributed by atoms with E-state index in [1.807, 2.05) is 24.3 Å². The Balaban J connectivity index is 1.76. The molecule has 162 valence electrons. The quantitative estimate of drug-likeness (QED) is 0.698. The lowest BCUT2D eigenvalue weighted by Crippen LogP contribution is -2.28. The van der Waals surface area contributed by atoms with E-state index in [1.54, 1.807) is 30.0 Å². The van der Waals surface area contributed by atoms with E-state index >= 15 is 0 Å². The van der Waals surface area contributed by atoms with Gasteiger partial charge in [0.25, 0.3) is 0 Å². The van der Waals surface area contributed by atoms with E-state index in [4.69, 9.17) is 0 Å². The molecule has 0 spiro atoms. The fourth-order valence-corrected chi connectivity index (χ4v) is 4.84. The minimum Gasteiger partial charge on any atom is -0.312 e. The van der Waals surface area contributed by atoms with Gasteiger partial charge in [-0.05, 0) is 69.1 Å². The molecular formula is C23H31N3O3S. The summed E-state index contributed by atoms with van der Waals surface area (Å²) in [6.45, 7) is 7.71. The monoisotopic (exact) mass is 429 g/mol. The first-order valence-corrected chi connectivity index (χ1v) is 11.8. The summed E-state index contributed by atoms with van der Waals surface area (Å²) in [5.74, 6) is 0.0890.